The molecule has 2 aliphatic rings. The SMILES string of the molecule is COc1ccc(F)cc1N(C=O)Cc1ccc(-c2nn(C3CCN(C(=O)[C@H]4CCCN4C)CC3)c(N)c2C(N)=O)cc1. The number of primary amides is 1. The number of rotatable bonds is 9. The smallest absolute Gasteiger partial charge is 0.254 e. The van der Waals surface area contributed by atoms with Crippen molar-refractivity contribution in [1.29, 1.82) is 0 Å². The van der Waals surface area contributed by atoms with Gasteiger partial charge in [-0.2, -0.15) is 5.10 Å². The molecule has 0 bridgehead atoms. The van der Waals surface area contributed by atoms with Gasteiger partial charge in [-0.05, 0) is 57.0 Å². The second-order valence-electron chi connectivity index (χ2n) is 10.9. The molecule has 5 rings (SSSR count). The Bertz CT molecular complexity index is 1470. The van der Waals surface area contributed by atoms with E-state index in [0.717, 1.165) is 24.9 Å². The molecular formula is C30H36FN7O4. The molecule has 42 heavy (non-hydrogen) atoms. The fourth-order valence-electron chi connectivity index (χ4n) is 5.97. The minimum Gasteiger partial charge on any atom is -0.495 e. The number of methoxy groups -OCH3 is 1. The van der Waals surface area contributed by atoms with E-state index in [4.69, 9.17) is 21.3 Å². The molecule has 0 saturated carbocycles. The topological polar surface area (TPSA) is 140 Å². The molecule has 2 saturated heterocycles. The van der Waals surface area contributed by atoms with Crippen LogP contribution in [0.5, 0.6) is 5.75 Å². The van der Waals surface area contributed by atoms with Crippen LogP contribution in [0.15, 0.2) is 42.5 Å². The summed E-state index contributed by atoms with van der Waals surface area (Å²) >= 11 is 0. The number of ether oxygens (including phenoxy) is 1. The minimum atomic E-state index is -0.681. The van der Waals surface area contributed by atoms with E-state index in [2.05, 4.69) is 4.90 Å². The molecule has 0 radical (unpaired) electrons. The molecule has 3 heterocycles. The predicted octanol–water partition coefficient (Wildman–Crippen LogP) is 2.80. The lowest BCUT2D eigenvalue weighted by atomic mass is 10.0. The van der Waals surface area contributed by atoms with E-state index in [1.165, 1.54) is 30.2 Å². The van der Waals surface area contributed by atoms with E-state index in [1.54, 1.807) is 28.9 Å². The average molecular weight is 578 g/mol. The van der Waals surface area contributed by atoms with E-state index in [9.17, 15) is 18.8 Å². The number of benzene rings is 2. The highest BCUT2D eigenvalue weighted by atomic mass is 19.1. The van der Waals surface area contributed by atoms with Gasteiger partial charge in [0.2, 0.25) is 12.3 Å². The Hall–Kier alpha value is -4.45. The van der Waals surface area contributed by atoms with Crippen molar-refractivity contribution < 1.29 is 23.5 Å². The van der Waals surface area contributed by atoms with Gasteiger partial charge in [0.15, 0.2) is 0 Å². The number of nitrogens with zero attached hydrogens (tertiary/aromatic N) is 5. The van der Waals surface area contributed by atoms with Gasteiger partial charge < -0.3 is 26.0 Å². The summed E-state index contributed by atoms with van der Waals surface area (Å²) in [6.07, 6.45) is 3.86. The number of hydrogen-bond acceptors (Lipinski definition) is 7. The third kappa shape index (κ3) is 5.67. The summed E-state index contributed by atoms with van der Waals surface area (Å²) in [6, 6.07) is 11.0. The van der Waals surface area contributed by atoms with Crippen molar-refractivity contribution >= 4 is 29.7 Å². The Kier molecular flexibility index (Phi) is 8.44. The summed E-state index contributed by atoms with van der Waals surface area (Å²) in [5.74, 6) is -0.427. The number of carbonyl (C=O) groups excluding carboxylic acids is 3. The number of aromatic nitrogens is 2. The number of piperidine rings is 1. The van der Waals surface area contributed by atoms with Gasteiger partial charge >= 0.3 is 0 Å². The summed E-state index contributed by atoms with van der Waals surface area (Å²) in [5.41, 5.74) is 14.4. The van der Waals surface area contributed by atoms with Gasteiger partial charge in [0.1, 0.15) is 28.6 Å². The highest BCUT2D eigenvalue weighted by Gasteiger charge is 2.34. The van der Waals surface area contributed by atoms with E-state index in [-0.39, 0.29) is 35.9 Å². The number of carbonyl (C=O) groups is 3. The monoisotopic (exact) mass is 577 g/mol. The summed E-state index contributed by atoms with van der Waals surface area (Å²) < 4.78 is 20.8. The highest BCUT2D eigenvalue weighted by Crippen LogP contribution is 2.34. The summed E-state index contributed by atoms with van der Waals surface area (Å²) in [6.45, 7) is 2.28. The van der Waals surface area contributed by atoms with E-state index in [0.29, 0.717) is 55.0 Å². The van der Waals surface area contributed by atoms with Crippen molar-refractivity contribution in [3.8, 4) is 17.0 Å². The fourth-order valence-corrected chi connectivity index (χ4v) is 5.97. The maximum absolute atomic E-state index is 13.9. The number of hydrogen-bond donors (Lipinski definition) is 2. The Labute approximate surface area is 243 Å². The van der Waals surface area contributed by atoms with Crippen molar-refractivity contribution in [2.45, 2.75) is 44.3 Å². The van der Waals surface area contributed by atoms with Crippen LogP contribution < -0.4 is 21.1 Å². The van der Waals surface area contributed by atoms with E-state index in [1.807, 2.05) is 11.9 Å². The molecule has 3 amide bonds. The van der Waals surface area contributed by atoms with Gasteiger partial charge in [-0.3, -0.25) is 19.3 Å². The normalized spacial score (nSPS) is 17.8. The van der Waals surface area contributed by atoms with Crippen LogP contribution in [-0.4, -0.2) is 77.6 Å². The first-order chi connectivity index (χ1) is 20.2. The molecular weight excluding hydrogens is 541 g/mol. The van der Waals surface area contributed by atoms with E-state index >= 15 is 0 Å². The molecule has 12 heteroatoms. The lowest BCUT2D eigenvalue weighted by Crippen LogP contribution is -2.47. The summed E-state index contributed by atoms with van der Waals surface area (Å²) in [5, 5.41) is 4.73. The number of anilines is 2. The molecule has 4 N–H and O–H groups in total. The van der Waals surface area contributed by atoms with Crippen LogP contribution in [0.3, 0.4) is 0 Å². The molecule has 1 atom stereocenters. The third-order valence-electron chi connectivity index (χ3n) is 8.28. The number of amides is 3. The lowest BCUT2D eigenvalue weighted by molar-refractivity contribution is -0.136. The second-order valence-corrected chi connectivity index (χ2v) is 10.9. The van der Waals surface area contributed by atoms with Gasteiger partial charge in [-0.15, -0.1) is 0 Å². The number of nitrogens with two attached hydrogens (primary N) is 2. The highest BCUT2D eigenvalue weighted by molar-refractivity contribution is 6.03. The van der Waals surface area contributed by atoms with Gasteiger partial charge in [0.25, 0.3) is 5.91 Å². The number of halogens is 1. The van der Waals surface area contributed by atoms with Crippen LogP contribution in [0.25, 0.3) is 11.3 Å². The third-order valence-corrected chi connectivity index (χ3v) is 8.28. The zero-order valence-corrected chi connectivity index (χ0v) is 23.8. The maximum atomic E-state index is 13.9. The van der Waals surface area contributed by atoms with Crippen molar-refractivity contribution in [1.82, 2.24) is 19.6 Å². The van der Waals surface area contributed by atoms with Crippen molar-refractivity contribution in [3.63, 3.8) is 0 Å². The van der Waals surface area contributed by atoms with Crippen molar-refractivity contribution in [2.75, 3.05) is 44.4 Å². The number of likely N-dealkylation sites (tertiary alicyclic amines) is 2. The van der Waals surface area contributed by atoms with Crippen LogP contribution in [0, 0.1) is 5.82 Å². The maximum Gasteiger partial charge on any atom is 0.254 e. The number of nitrogen functional groups attached to an aromatic ring is 1. The molecule has 2 aliphatic heterocycles. The van der Waals surface area contributed by atoms with E-state index < -0.39 is 11.7 Å². The Balaban J connectivity index is 1.33. The molecule has 11 nitrogen and oxygen atoms in total. The first kappa shape index (κ1) is 29.1. The average Bonchev–Trinajstić information content (AvgIpc) is 3.58. The molecule has 0 unspecified atom stereocenters. The van der Waals surface area contributed by atoms with Gasteiger partial charge in [-0.1, -0.05) is 24.3 Å². The van der Waals surface area contributed by atoms with Gasteiger partial charge in [0, 0.05) is 24.7 Å². The summed E-state index contributed by atoms with van der Waals surface area (Å²) in [4.78, 5) is 42.7. The van der Waals surface area contributed by atoms with Crippen LogP contribution in [-0.2, 0) is 16.1 Å². The Morgan fingerprint density at radius 2 is 1.83 bits per heavy atom. The molecule has 0 aliphatic carbocycles. The molecule has 1 aromatic heterocycles. The first-order valence-electron chi connectivity index (χ1n) is 14.0. The number of likely N-dealkylation sites (N-methyl/N-ethyl adjacent to an activating group) is 1. The van der Waals surface area contributed by atoms with Crippen LogP contribution in [0.2, 0.25) is 0 Å². The minimum absolute atomic E-state index is 0.0538. The predicted molar refractivity (Wildman–Crippen MR) is 156 cm³/mol. The van der Waals surface area contributed by atoms with Gasteiger partial charge in [0.05, 0.1) is 31.4 Å². The fraction of sp³-hybridized carbons (Fsp3) is 0.400. The van der Waals surface area contributed by atoms with Crippen LogP contribution >= 0.6 is 0 Å². The quantitative estimate of drug-likeness (QED) is 0.373. The lowest BCUT2D eigenvalue weighted by Gasteiger charge is -2.35. The van der Waals surface area contributed by atoms with Crippen molar-refractivity contribution in [3.05, 3.63) is 59.4 Å². The van der Waals surface area contributed by atoms with Crippen molar-refractivity contribution in [2.24, 2.45) is 5.73 Å². The zero-order valence-electron chi connectivity index (χ0n) is 23.8. The first-order valence-corrected chi connectivity index (χ1v) is 14.0. The Morgan fingerprint density at radius 1 is 1.12 bits per heavy atom. The second kappa shape index (κ2) is 12.2. The van der Waals surface area contributed by atoms with Crippen LogP contribution in [0.4, 0.5) is 15.9 Å². The summed E-state index contributed by atoms with van der Waals surface area (Å²) in [7, 11) is 3.44. The molecule has 3 aromatic rings. The Morgan fingerprint density at radius 3 is 2.43 bits per heavy atom. The molecule has 2 aromatic carbocycles. The zero-order chi connectivity index (χ0) is 30.0. The molecule has 222 valence electrons. The standard InChI is InChI=1S/C30H36FN7O4/c1-35-13-3-4-23(35)30(41)36-14-11-22(12-15-36)38-28(32)26(29(33)40)27(34-38)20-7-5-19(6-8-20)17-37(18-39)24-16-21(31)9-10-25(24)42-2/h5-10,16,18,22-23H,3-4,11-15,17,32H2,1-2H3,(H2,33,40)/t23-/m1/s1. The van der Waals surface area contributed by atoms with Gasteiger partial charge in [-0.25, -0.2) is 9.07 Å². The molecule has 0 spiro atoms. The molecule has 2 fully saturated rings. The van der Waals surface area contributed by atoms with Crippen LogP contribution in [0.1, 0.15) is 47.6 Å². The largest absolute Gasteiger partial charge is 0.495 e.